The summed E-state index contributed by atoms with van der Waals surface area (Å²) >= 11 is 0. The van der Waals surface area contributed by atoms with Crippen molar-refractivity contribution in [3.05, 3.63) is 35.4 Å². The smallest absolute Gasteiger partial charge is 0.103 e. The van der Waals surface area contributed by atoms with Crippen LogP contribution >= 0.6 is 0 Å². The van der Waals surface area contributed by atoms with Crippen molar-refractivity contribution in [1.29, 1.82) is 0 Å². The molecular weight excluding hydrogens is 222 g/mol. The van der Waals surface area contributed by atoms with Gasteiger partial charge < -0.3 is 10.4 Å². The molecule has 1 aliphatic carbocycles. The SMILES string of the molecule is CCC(NCC1(O)CCc2ccccc21)C(C)C. The molecule has 0 fully saturated rings. The van der Waals surface area contributed by atoms with Crippen LogP contribution in [0, 0.1) is 5.92 Å². The second kappa shape index (κ2) is 5.41. The first kappa shape index (κ1) is 13.6. The molecule has 0 saturated carbocycles. The summed E-state index contributed by atoms with van der Waals surface area (Å²) in [7, 11) is 0. The van der Waals surface area contributed by atoms with Crippen LogP contribution in [0.15, 0.2) is 24.3 Å². The molecule has 2 nitrogen and oxygen atoms in total. The number of rotatable bonds is 5. The summed E-state index contributed by atoms with van der Waals surface area (Å²) in [6.07, 6.45) is 2.94. The van der Waals surface area contributed by atoms with Crippen molar-refractivity contribution in [3.63, 3.8) is 0 Å². The Morgan fingerprint density at radius 2 is 2.06 bits per heavy atom. The number of fused-ring (bicyclic) bond motifs is 1. The fraction of sp³-hybridized carbons (Fsp3) is 0.625. The van der Waals surface area contributed by atoms with Crippen LogP contribution in [-0.2, 0) is 12.0 Å². The molecule has 0 heterocycles. The quantitative estimate of drug-likeness (QED) is 0.838. The molecule has 0 bridgehead atoms. The molecule has 1 aliphatic rings. The van der Waals surface area contributed by atoms with Crippen LogP contribution in [0.25, 0.3) is 0 Å². The van der Waals surface area contributed by atoms with Crippen molar-refractivity contribution in [2.24, 2.45) is 5.92 Å². The lowest BCUT2D eigenvalue weighted by Gasteiger charge is -2.29. The molecule has 0 amide bonds. The lowest BCUT2D eigenvalue weighted by atomic mass is 9.94. The highest BCUT2D eigenvalue weighted by molar-refractivity contribution is 5.37. The van der Waals surface area contributed by atoms with Crippen molar-refractivity contribution in [1.82, 2.24) is 5.32 Å². The van der Waals surface area contributed by atoms with E-state index in [2.05, 4.69) is 44.3 Å². The number of aryl methyl sites for hydroxylation is 1. The number of aliphatic hydroxyl groups is 1. The minimum Gasteiger partial charge on any atom is -0.384 e. The largest absolute Gasteiger partial charge is 0.384 e. The van der Waals surface area contributed by atoms with Gasteiger partial charge in [0.25, 0.3) is 0 Å². The highest BCUT2D eigenvalue weighted by Crippen LogP contribution is 2.36. The van der Waals surface area contributed by atoms with Gasteiger partial charge in [-0.05, 0) is 36.3 Å². The Morgan fingerprint density at radius 1 is 1.33 bits per heavy atom. The van der Waals surface area contributed by atoms with E-state index in [1.54, 1.807) is 0 Å². The van der Waals surface area contributed by atoms with E-state index in [-0.39, 0.29) is 0 Å². The summed E-state index contributed by atoms with van der Waals surface area (Å²) in [6, 6.07) is 8.77. The zero-order valence-electron chi connectivity index (χ0n) is 11.7. The molecule has 100 valence electrons. The summed E-state index contributed by atoms with van der Waals surface area (Å²) in [5.74, 6) is 0.607. The van der Waals surface area contributed by atoms with Gasteiger partial charge in [0, 0.05) is 12.6 Å². The summed E-state index contributed by atoms with van der Waals surface area (Å²) in [4.78, 5) is 0. The summed E-state index contributed by atoms with van der Waals surface area (Å²) in [6.45, 7) is 7.33. The van der Waals surface area contributed by atoms with Gasteiger partial charge >= 0.3 is 0 Å². The molecule has 2 N–H and O–H groups in total. The second-order valence-corrected chi connectivity index (χ2v) is 5.83. The number of nitrogens with one attached hydrogen (secondary N) is 1. The highest BCUT2D eigenvalue weighted by atomic mass is 16.3. The molecule has 2 rings (SSSR count). The molecule has 1 aromatic rings. The summed E-state index contributed by atoms with van der Waals surface area (Å²) in [5, 5.41) is 14.3. The van der Waals surface area contributed by atoms with Gasteiger partial charge in [-0.2, -0.15) is 0 Å². The Bertz CT molecular complexity index is 402. The molecule has 0 aliphatic heterocycles. The molecule has 1 aromatic carbocycles. The van der Waals surface area contributed by atoms with E-state index in [9.17, 15) is 5.11 Å². The minimum absolute atomic E-state index is 0.488. The molecule has 0 saturated heterocycles. The Kier molecular flexibility index (Phi) is 4.08. The van der Waals surface area contributed by atoms with Crippen LogP contribution < -0.4 is 5.32 Å². The first-order valence-corrected chi connectivity index (χ1v) is 7.11. The van der Waals surface area contributed by atoms with E-state index in [0.717, 1.165) is 24.8 Å². The molecule has 18 heavy (non-hydrogen) atoms. The van der Waals surface area contributed by atoms with Crippen molar-refractivity contribution in [2.75, 3.05) is 6.54 Å². The second-order valence-electron chi connectivity index (χ2n) is 5.83. The van der Waals surface area contributed by atoms with E-state index in [0.29, 0.717) is 18.5 Å². The third kappa shape index (κ3) is 2.60. The Balaban J connectivity index is 2.06. The fourth-order valence-corrected chi connectivity index (χ4v) is 3.00. The third-order valence-electron chi connectivity index (χ3n) is 4.23. The number of hydrogen-bond acceptors (Lipinski definition) is 2. The Morgan fingerprint density at radius 3 is 2.72 bits per heavy atom. The predicted octanol–water partition coefficient (Wildman–Crippen LogP) is 2.84. The first-order valence-electron chi connectivity index (χ1n) is 7.11. The lowest BCUT2D eigenvalue weighted by molar-refractivity contribution is 0.0340. The maximum absolute atomic E-state index is 10.8. The van der Waals surface area contributed by atoms with Crippen molar-refractivity contribution in [3.8, 4) is 0 Å². The van der Waals surface area contributed by atoms with Crippen molar-refractivity contribution < 1.29 is 5.11 Å². The lowest BCUT2D eigenvalue weighted by Crippen LogP contribution is -2.43. The summed E-state index contributed by atoms with van der Waals surface area (Å²) in [5.41, 5.74) is 1.76. The van der Waals surface area contributed by atoms with Crippen LogP contribution in [0.2, 0.25) is 0 Å². The van der Waals surface area contributed by atoms with Crippen LogP contribution in [0.4, 0.5) is 0 Å². The monoisotopic (exact) mass is 247 g/mol. The number of benzene rings is 1. The van der Waals surface area contributed by atoms with Crippen LogP contribution in [0.3, 0.4) is 0 Å². The van der Waals surface area contributed by atoms with Gasteiger partial charge in [-0.25, -0.2) is 0 Å². The average molecular weight is 247 g/mol. The normalized spacial score (nSPS) is 24.3. The van der Waals surface area contributed by atoms with E-state index < -0.39 is 5.60 Å². The van der Waals surface area contributed by atoms with Gasteiger partial charge in [-0.15, -0.1) is 0 Å². The van der Waals surface area contributed by atoms with Gasteiger partial charge in [0.05, 0.1) is 0 Å². The molecule has 2 atom stereocenters. The van der Waals surface area contributed by atoms with Crippen LogP contribution in [0.5, 0.6) is 0 Å². The zero-order chi connectivity index (χ0) is 13.2. The predicted molar refractivity (Wildman–Crippen MR) is 75.6 cm³/mol. The van der Waals surface area contributed by atoms with Crippen molar-refractivity contribution >= 4 is 0 Å². The average Bonchev–Trinajstić information content (AvgIpc) is 2.69. The van der Waals surface area contributed by atoms with E-state index in [4.69, 9.17) is 0 Å². The van der Waals surface area contributed by atoms with E-state index in [1.807, 2.05) is 6.07 Å². The van der Waals surface area contributed by atoms with Gasteiger partial charge in [-0.3, -0.25) is 0 Å². The molecule has 0 spiro atoms. The van der Waals surface area contributed by atoms with Gasteiger partial charge in [0.15, 0.2) is 0 Å². The van der Waals surface area contributed by atoms with Gasteiger partial charge in [0.2, 0.25) is 0 Å². The molecule has 0 aromatic heterocycles. The maximum atomic E-state index is 10.8. The standard InChI is InChI=1S/C16H25NO/c1-4-15(12(2)3)17-11-16(18)10-9-13-7-5-6-8-14(13)16/h5-8,12,15,17-18H,4,9-11H2,1-3H3. The number of hydrogen-bond donors (Lipinski definition) is 2. The summed E-state index contributed by atoms with van der Waals surface area (Å²) < 4.78 is 0. The topological polar surface area (TPSA) is 32.3 Å². The molecular formula is C16H25NO. The first-order chi connectivity index (χ1) is 8.57. The van der Waals surface area contributed by atoms with Crippen LogP contribution in [-0.4, -0.2) is 17.7 Å². The Labute approximate surface area is 110 Å². The van der Waals surface area contributed by atoms with Gasteiger partial charge in [-0.1, -0.05) is 45.0 Å². The fourth-order valence-electron chi connectivity index (χ4n) is 3.00. The maximum Gasteiger partial charge on any atom is 0.103 e. The van der Waals surface area contributed by atoms with Gasteiger partial charge in [0.1, 0.15) is 5.60 Å². The van der Waals surface area contributed by atoms with E-state index >= 15 is 0 Å². The molecule has 0 radical (unpaired) electrons. The highest BCUT2D eigenvalue weighted by Gasteiger charge is 2.36. The Hall–Kier alpha value is -0.860. The zero-order valence-corrected chi connectivity index (χ0v) is 11.7. The van der Waals surface area contributed by atoms with E-state index in [1.165, 1.54) is 5.56 Å². The van der Waals surface area contributed by atoms with Crippen molar-refractivity contribution in [2.45, 2.75) is 51.7 Å². The molecule has 2 heteroatoms. The minimum atomic E-state index is -0.668. The third-order valence-corrected chi connectivity index (χ3v) is 4.23. The van der Waals surface area contributed by atoms with Crippen LogP contribution in [0.1, 0.15) is 44.7 Å². The molecule has 2 unspecified atom stereocenters.